The number of hydroxylamine groups is 4. The number of aromatic nitrogens is 8. The summed E-state index contributed by atoms with van der Waals surface area (Å²) < 4.78 is 82.5. The number of hydrogen-bond acceptors (Lipinski definition) is 20. The molecule has 668 valence electrons. The first kappa shape index (κ1) is 94.8. The van der Waals surface area contributed by atoms with Crippen LogP contribution in [0.3, 0.4) is 0 Å². The summed E-state index contributed by atoms with van der Waals surface area (Å²) in [6, 6.07) is 26.9. The van der Waals surface area contributed by atoms with Crippen molar-refractivity contribution < 1.29 is 65.6 Å². The Morgan fingerprint density at radius 1 is 0.421 bits per heavy atom. The van der Waals surface area contributed by atoms with E-state index in [1.165, 1.54) is 63.5 Å². The van der Waals surface area contributed by atoms with Gasteiger partial charge in [-0.25, -0.2) is 59.4 Å². The summed E-state index contributed by atoms with van der Waals surface area (Å²) in [6.07, 6.45) is 16.4. The number of carbonyl (C=O) groups is 4. The second-order valence-electron chi connectivity index (χ2n) is 30.1. The lowest BCUT2D eigenvalue weighted by molar-refractivity contribution is 0.0206. The summed E-state index contributed by atoms with van der Waals surface area (Å²) in [5.41, 5.74) is 14.4. The number of ether oxygens (including phenoxy) is 2. The van der Waals surface area contributed by atoms with E-state index in [4.69, 9.17) is 75.2 Å². The van der Waals surface area contributed by atoms with Gasteiger partial charge in [0.05, 0.1) is 175 Å². The fourth-order valence-electron chi connectivity index (χ4n) is 13.8. The van der Waals surface area contributed by atoms with Crippen molar-refractivity contribution >= 4 is 223 Å². The van der Waals surface area contributed by atoms with E-state index in [9.17, 15) is 19.2 Å². The minimum Gasteiger partial charge on any atom is -0.383 e. The van der Waals surface area contributed by atoms with E-state index in [0.717, 1.165) is 82.8 Å². The van der Waals surface area contributed by atoms with Gasteiger partial charge in [0.25, 0.3) is 23.6 Å². The molecule has 16 rings (SSSR count). The van der Waals surface area contributed by atoms with Crippen LogP contribution in [0.1, 0.15) is 106 Å². The number of amides is 4. The Morgan fingerprint density at radius 2 is 0.770 bits per heavy atom. The number of benzene rings is 8. The number of rotatable bonds is 33. The molecule has 6 heterocycles. The Morgan fingerprint density at radius 3 is 1.16 bits per heavy atom. The number of imidazole rings is 4. The number of carbonyl (C=O) groups excluding carboxylic acids is 4. The van der Waals surface area contributed by atoms with Crippen LogP contribution in [0.25, 0.3) is 44.1 Å². The molecule has 8 N–H and O–H groups in total. The first-order valence-corrected chi connectivity index (χ1v) is 45.2. The molecule has 12 aromatic rings. The molecule has 0 bridgehead atoms. The normalized spacial score (nSPS) is 14.0. The number of aryl methyl sites for hydroxylation is 2. The molecule has 4 aliphatic rings. The molecule has 0 radical (unpaired) electrons. The molecule has 0 spiro atoms. The minimum atomic E-state index is -0.649. The van der Waals surface area contributed by atoms with Gasteiger partial charge in [0.2, 0.25) is 0 Å². The zero-order valence-corrected chi connectivity index (χ0v) is 78.1. The number of piperidine rings is 1. The molecule has 28 nitrogen and oxygen atoms in total. The Kier molecular flexibility index (Phi) is 33.8. The maximum absolute atomic E-state index is 15.7. The van der Waals surface area contributed by atoms with Crippen LogP contribution in [-0.4, -0.2) is 164 Å². The smallest absolute Gasteiger partial charge is 0.277 e. The van der Waals surface area contributed by atoms with Crippen molar-refractivity contribution in [2.75, 3.05) is 114 Å². The van der Waals surface area contributed by atoms with E-state index < -0.39 is 46.9 Å². The maximum Gasteiger partial charge on any atom is 0.277 e. The van der Waals surface area contributed by atoms with E-state index in [0.29, 0.717) is 136 Å². The van der Waals surface area contributed by atoms with Gasteiger partial charge in [-0.1, -0.05) is 117 Å². The predicted molar refractivity (Wildman–Crippen MR) is 494 cm³/mol. The molecule has 8 aromatic carbocycles. The van der Waals surface area contributed by atoms with Gasteiger partial charge in [-0.3, -0.25) is 38.5 Å². The van der Waals surface area contributed by atoms with Gasteiger partial charge in [0, 0.05) is 71.9 Å². The van der Waals surface area contributed by atoms with Crippen LogP contribution in [0.4, 0.5) is 63.1 Å². The second-order valence-corrected chi connectivity index (χ2v) is 35.4. The molecule has 4 amide bonds. The molecule has 40 heteroatoms. The number of hydrogen-bond donors (Lipinski definition) is 8. The highest BCUT2D eigenvalue weighted by Crippen LogP contribution is 2.41. The Bertz CT molecular complexity index is 5920. The summed E-state index contributed by atoms with van der Waals surface area (Å²) in [5, 5.41) is 13.4. The highest BCUT2D eigenvalue weighted by Gasteiger charge is 2.31. The summed E-state index contributed by atoms with van der Waals surface area (Å²) in [7, 11) is 5.05. The number of nitrogens with one attached hydrogen (secondary N) is 8. The van der Waals surface area contributed by atoms with Gasteiger partial charge in [-0.15, -0.1) is 0 Å². The SMILES string of the molecule is CCOCCn1cnc2c(F)c(Nc3ccc(Br)cc3Cl)c(C(=O)NOCC3CC3)cc21.COCCn1cnc2cc(C(=O)NOCC3CC3)c(Nc3ccc(Br)cc3Cl)c(F)c21.Cn1cnc2c(F)c(Nc3ccc(Br)cc3Cl)c(C(=O)NOCCN3CCCC3)cc21.Cn1cnc2c(F)c(Nc3ccc(Br)cc3Cl)c(C(=O)NOCCN3CCCCC3)cc21. The van der Waals surface area contributed by atoms with Crippen molar-refractivity contribution in [3.63, 3.8) is 0 Å². The molecule has 0 unspecified atom stereocenters. The molecule has 126 heavy (non-hydrogen) atoms. The van der Waals surface area contributed by atoms with Gasteiger partial charge in [-0.2, -0.15) is 0 Å². The Labute approximate surface area is 776 Å². The third-order valence-electron chi connectivity index (χ3n) is 20.9. The van der Waals surface area contributed by atoms with Gasteiger partial charge in [0.1, 0.15) is 22.1 Å². The van der Waals surface area contributed by atoms with Crippen molar-refractivity contribution in [1.82, 2.24) is 69.9 Å². The first-order chi connectivity index (χ1) is 60.8. The predicted octanol–water partition coefficient (Wildman–Crippen LogP) is 20.1. The highest BCUT2D eigenvalue weighted by molar-refractivity contribution is 9.11. The van der Waals surface area contributed by atoms with E-state index in [1.807, 2.05) is 6.92 Å². The molecule has 2 saturated heterocycles. The van der Waals surface area contributed by atoms with E-state index in [2.05, 4.69) is 137 Å². The third-order valence-corrected chi connectivity index (χ3v) is 24.2. The van der Waals surface area contributed by atoms with Crippen molar-refractivity contribution in [2.24, 2.45) is 25.9 Å². The van der Waals surface area contributed by atoms with Gasteiger partial charge in [0.15, 0.2) is 23.3 Å². The average Bonchev–Trinajstić information content (AvgIpc) is 1.60. The summed E-state index contributed by atoms with van der Waals surface area (Å²) in [4.78, 5) is 94.3. The standard InChI is InChI=1S/C22H24BrClFN5O2.C22H23BrClFN4O3.C21H22BrClFN5O2.C21H21BrClFN4O3/c1-29-13-26-21-18(29)12-15(22(31)28-32-10-9-30-7-3-2-4-8-30)20(19(21)25)27-17-6-5-14(23)11-16(17)24;1-2-31-8-7-29-12-26-21-18(29)10-15(22(30)28-32-11-13-3-4-13)20(19(21)25)27-17-6-5-14(23)9-16(17)24;1-28-12-25-20-17(28)11-14(21(30)27-31-9-8-29-6-2-3-7-29)19(18(20)24)26-16-5-4-13(22)10-15(16)23;1-30-7-6-28-11-25-17-9-14(21(29)27-31-10-12-2-3-12)19(18(24)20(17)28)26-16-5-4-13(22)8-15(16)23/h5-6,11-13,27H,2-4,7-10H2,1H3,(H,28,31);5-6,9-10,12-13,27H,2-4,7-8,11H2,1H3,(H,28,30);4-5,10-12,26H,2-3,6-9H2,1H3,(H,27,30);4-5,8-9,11-12,26H,2-3,6-7,10H2,1H3,(H,27,29). The van der Waals surface area contributed by atoms with Crippen LogP contribution in [0.15, 0.2) is 140 Å². The van der Waals surface area contributed by atoms with Crippen LogP contribution >= 0.6 is 110 Å². The highest BCUT2D eigenvalue weighted by atomic mass is 79.9. The number of anilines is 8. The fraction of sp³-hybridized carbons (Fsp3) is 0.349. The molecule has 2 saturated carbocycles. The lowest BCUT2D eigenvalue weighted by Gasteiger charge is -2.25. The quantitative estimate of drug-likeness (QED) is 0.0108. The average molecular weight is 2070 g/mol. The van der Waals surface area contributed by atoms with Gasteiger partial charge < -0.3 is 58.8 Å². The van der Waals surface area contributed by atoms with E-state index in [-0.39, 0.29) is 67.1 Å². The number of methoxy groups -OCH3 is 1. The fourth-order valence-corrected chi connectivity index (χ4v) is 16.6. The van der Waals surface area contributed by atoms with Crippen LogP contribution in [0, 0.1) is 35.1 Å². The zero-order chi connectivity index (χ0) is 89.2. The molecule has 2 aliphatic heterocycles. The van der Waals surface area contributed by atoms with Crippen molar-refractivity contribution in [3.8, 4) is 0 Å². The molecular formula is C86H90Br4Cl4F4N18O10. The van der Waals surface area contributed by atoms with Gasteiger partial charge in [-0.05, 0) is 193 Å². The van der Waals surface area contributed by atoms with Crippen molar-refractivity contribution in [2.45, 2.75) is 77.8 Å². The largest absolute Gasteiger partial charge is 0.383 e. The minimum absolute atomic E-state index is 0.0107. The Hall–Kier alpha value is -8.80. The topological polar surface area (TPSA) is 298 Å². The number of likely N-dealkylation sites (tertiary alicyclic amines) is 2. The van der Waals surface area contributed by atoms with Crippen molar-refractivity contribution in [3.05, 3.63) is 206 Å². The summed E-state index contributed by atoms with van der Waals surface area (Å²) in [5.74, 6) is -3.84. The van der Waals surface area contributed by atoms with Crippen LogP contribution < -0.4 is 43.2 Å². The molecule has 4 aromatic heterocycles. The van der Waals surface area contributed by atoms with Crippen LogP contribution in [0.2, 0.25) is 20.1 Å². The lowest BCUT2D eigenvalue weighted by atomic mass is 10.1. The Balaban J connectivity index is 0.000000144. The van der Waals surface area contributed by atoms with Crippen LogP contribution in [-0.2, 0) is 56.0 Å². The van der Waals surface area contributed by atoms with Gasteiger partial charge >= 0.3 is 0 Å². The molecule has 4 fully saturated rings. The first-order valence-electron chi connectivity index (χ1n) is 40.5. The van der Waals surface area contributed by atoms with Crippen molar-refractivity contribution in [1.29, 1.82) is 0 Å². The third kappa shape index (κ3) is 24.6. The van der Waals surface area contributed by atoms with E-state index in [1.54, 1.807) is 130 Å². The second kappa shape index (κ2) is 45.0. The lowest BCUT2D eigenvalue weighted by Crippen LogP contribution is -2.35. The number of nitrogens with zero attached hydrogens (tertiary/aromatic N) is 10. The summed E-state index contributed by atoms with van der Waals surface area (Å²) in [6.45, 7) is 11.4. The maximum atomic E-state index is 15.7. The van der Waals surface area contributed by atoms with E-state index >= 15 is 17.6 Å². The molecule has 0 atom stereocenters. The number of fused-ring (bicyclic) bond motifs is 4. The summed E-state index contributed by atoms with van der Waals surface area (Å²) >= 11 is 38.6. The monoisotopic (exact) mass is 2070 g/mol. The molecular weight excluding hydrogens is 1980 g/mol. The zero-order valence-electron chi connectivity index (χ0n) is 68.8. The van der Waals surface area contributed by atoms with Crippen LogP contribution in [0.5, 0.6) is 0 Å². The molecule has 2 aliphatic carbocycles. The number of halogens is 12.